The molecule has 0 unspecified atom stereocenters. The molecule has 2 amide bonds. The van der Waals surface area contributed by atoms with Crippen LogP contribution in [0.2, 0.25) is 0 Å². The lowest BCUT2D eigenvalue weighted by Crippen LogP contribution is -2.34. The number of benzene rings is 1. The molecule has 3 rings (SSSR count). The molecule has 0 aliphatic carbocycles. The van der Waals surface area contributed by atoms with Gasteiger partial charge in [-0.1, -0.05) is 26.0 Å². The van der Waals surface area contributed by atoms with E-state index in [4.69, 9.17) is 0 Å². The van der Waals surface area contributed by atoms with E-state index in [-0.39, 0.29) is 18.4 Å². The second kappa shape index (κ2) is 8.99. The van der Waals surface area contributed by atoms with Crippen LogP contribution in [0.15, 0.2) is 30.3 Å². The van der Waals surface area contributed by atoms with Gasteiger partial charge >= 0.3 is 6.03 Å². The molecule has 7 heteroatoms. The Bertz CT molecular complexity index is 773. The monoisotopic (exact) mass is 373 g/mol. The van der Waals surface area contributed by atoms with Crippen molar-refractivity contribution in [1.29, 1.82) is 0 Å². The highest BCUT2D eigenvalue weighted by Crippen LogP contribution is 2.15. The van der Waals surface area contributed by atoms with Gasteiger partial charge in [0.15, 0.2) is 0 Å². The number of hydrogen-bond acceptors (Lipinski definition) is 3. The van der Waals surface area contributed by atoms with E-state index >= 15 is 0 Å². The molecular formula is C20H28FN5O. The van der Waals surface area contributed by atoms with Gasteiger partial charge in [-0.2, -0.15) is 5.10 Å². The third-order valence-corrected chi connectivity index (χ3v) is 4.54. The van der Waals surface area contributed by atoms with Gasteiger partial charge in [-0.25, -0.2) is 9.18 Å². The van der Waals surface area contributed by atoms with Crippen LogP contribution in [-0.2, 0) is 26.2 Å². The van der Waals surface area contributed by atoms with E-state index < -0.39 is 0 Å². The predicted molar refractivity (Wildman–Crippen MR) is 102 cm³/mol. The number of urea groups is 1. The van der Waals surface area contributed by atoms with E-state index in [2.05, 4.69) is 45.2 Å². The summed E-state index contributed by atoms with van der Waals surface area (Å²) in [5.41, 5.74) is 2.78. The fourth-order valence-electron chi connectivity index (χ4n) is 3.41. The van der Waals surface area contributed by atoms with Gasteiger partial charge in [0.25, 0.3) is 0 Å². The van der Waals surface area contributed by atoms with Crippen LogP contribution >= 0.6 is 0 Å². The quantitative estimate of drug-likeness (QED) is 0.818. The topological polar surface area (TPSA) is 62.2 Å². The lowest BCUT2D eigenvalue weighted by molar-refractivity contribution is 0.239. The van der Waals surface area contributed by atoms with Crippen molar-refractivity contribution in [3.05, 3.63) is 53.1 Å². The number of amides is 2. The number of aromatic nitrogens is 2. The van der Waals surface area contributed by atoms with Gasteiger partial charge in [0.2, 0.25) is 0 Å². The summed E-state index contributed by atoms with van der Waals surface area (Å²) in [5.74, 6) is 0.336. The first-order valence-corrected chi connectivity index (χ1v) is 9.53. The van der Waals surface area contributed by atoms with E-state index in [0.29, 0.717) is 12.5 Å². The zero-order chi connectivity index (χ0) is 19.2. The fourth-order valence-corrected chi connectivity index (χ4v) is 3.41. The van der Waals surface area contributed by atoms with E-state index in [0.717, 1.165) is 43.9 Å². The molecule has 0 saturated carbocycles. The van der Waals surface area contributed by atoms with Crippen LogP contribution in [-0.4, -0.2) is 33.8 Å². The maximum Gasteiger partial charge on any atom is 0.315 e. The molecule has 0 atom stereocenters. The Kier molecular flexibility index (Phi) is 6.45. The number of carbonyl (C=O) groups is 1. The Morgan fingerprint density at radius 3 is 2.81 bits per heavy atom. The lowest BCUT2D eigenvalue weighted by atomic mass is 10.2. The molecule has 1 aliphatic heterocycles. The van der Waals surface area contributed by atoms with E-state index in [9.17, 15) is 9.18 Å². The van der Waals surface area contributed by atoms with Crippen LogP contribution in [0, 0.1) is 11.7 Å². The standard InChI is InChI=1S/C20H28FN5O/c1-15(2)13-25-7-4-8-26-19(14-25)10-18(24-26)12-23-20(27)22-11-16-5-3-6-17(21)9-16/h3,5-6,9-10,15H,4,7-8,11-14H2,1-2H3,(H2,22,23,27). The van der Waals surface area contributed by atoms with Crippen molar-refractivity contribution in [2.45, 2.75) is 46.4 Å². The normalized spacial score (nSPS) is 14.7. The number of nitrogens with one attached hydrogen (secondary N) is 2. The summed E-state index contributed by atoms with van der Waals surface area (Å²) in [7, 11) is 0. The number of hydrogen-bond donors (Lipinski definition) is 2. The van der Waals surface area contributed by atoms with Gasteiger partial charge in [-0.3, -0.25) is 9.58 Å². The maximum atomic E-state index is 13.2. The molecule has 0 fully saturated rings. The first-order valence-electron chi connectivity index (χ1n) is 9.53. The van der Waals surface area contributed by atoms with E-state index in [1.54, 1.807) is 12.1 Å². The number of halogens is 1. The summed E-state index contributed by atoms with van der Waals surface area (Å²) in [4.78, 5) is 14.5. The molecule has 146 valence electrons. The highest BCUT2D eigenvalue weighted by atomic mass is 19.1. The number of fused-ring (bicyclic) bond motifs is 1. The van der Waals surface area contributed by atoms with Gasteiger partial charge in [0, 0.05) is 32.7 Å². The molecule has 2 N–H and O–H groups in total. The van der Waals surface area contributed by atoms with E-state index in [1.807, 2.05) is 0 Å². The second-order valence-electron chi connectivity index (χ2n) is 7.50. The summed E-state index contributed by atoms with van der Waals surface area (Å²) in [5, 5.41) is 10.2. The maximum absolute atomic E-state index is 13.2. The smallest absolute Gasteiger partial charge is 0.315 e. The van der Waals surface area contributed by atoms with Crippen molar-refractivity contribution >= 4 is 6.03 Å². The third-order valence-electron chi connectivity index (χ3n) is 4.54. The van der Waals surface area contributed by atoms with Gasteiger partial charge < -0.3 is 10.6 Å². The van der Waals surface area contributed by atoms with Gasteiger partial charge in [-0.05, 0) is 36.1 Å². The number of aryl methyl sites for hydroxylation is 1. The first-order chi connectivity index (χ1) is 13.0. The minimum atomic E-state index is -0.305. The Hall–Kier alpha value is -2.41. The largest absolute Gasteiger partial charge is 0.334 e. The number of carbonyl (C=O) groups excluding carboxylic acids is 1. The van der Waals surface area contributed by atoms with Crippen molar-refractivity contribution in [2.24, 2.45) is 5.92 Å². The van der Waals surface area contributed by atoms with Crippen molar-refractivity contribution < 1.29 is 9.18 Å². The van der Waals surface area contributed by atoms with Crippen LogP contribution in [0.4, 0.5) is 9.18 Å². The summed E-state index contributed by atoms with van der Waals surface area (Å²) < 4.78 is 15.2. The molecule has 0 radical (unpaired) electrons. The third kappa shape index (κ3) is 5.79. The van der Waals surface area contributed by atoms with Crippen molar-refractivity contribution in [3.63, 3.8) is 0 Å². The Balaban J connectivity index is 1.49. The average Bonchev–Trinajstić information content (AvgIpc) is 2.90. The average molecular weight is 373 g/mol. The Labute approximate surface area is 159 Å². The van der Waals surface area contributed by atoms with Crippen molar-refractivity contribution in [3.8, 4) is 0 Å². The predicted octanol–water partition coefficient (Wildman–Crippen LogP) is 2.88. The van der Waals surface area contributed by atoms with Gasteiger partial charge in [0.05, 0.1) is 17.9 Å². The zero-order valence-corrected chi connectivity index (χ0v) is 16.0. The number of nitrogens with zero attached hydrogens (tertiary/aromatic N) is 3. The summed E-state index contributed by atoms with van der Waals surface area (Å²) in [6.07, 6.45) is 1.09. The highest BCUT2D eigenvalue weighted by Gasteiger charge is 2.17. The van der Waals surface area contributed by atoms with E-state index in [1.165, 1.54) is 17.8 Å². The molecule has 1 aromatic carbocycles. The highest BCUT2D eigenvalue weighted by molar-refractivity contribution is 5.73. The fraction of sp³-hybridized carbons (Fsp3) is 0.500. The lowest BCUT2D eigenvalue weighted by Gasteiger charge is -2.21. The van der Waals surface area contributed by atoms with Gasteiger partial charge in [-0.15, -0.1) is 0 Å². The summed E-state index contributed by atoms with van der Waals surface area (Å²) >= 11 is 0. The molecule has 6 nitrogen and oxygen atoms in total. The van der Waals surface area contributed by atoms with Crippen LogP contribution in [0.3, 0.4) is 0 Å². The molecular weight excluding hydrogens is 345 g/mol. The molecule has 1 aromatic heterocycles. The molecule has 0 spiro atoms. The summed E-state index contributed by atoms with van der Waals surface area (Å²) in [6, 6.07) is 7.99. The van der Waals surface area contributed by atoms with Gasteiger partial charge in [0.1, 0.15) is 5.82 Å². The Morgan fingerprint density at radius 2 is 2.04 bits per heavy atom. The molecule has 0 saturated heterocycles. The Morgan fingerprint density at radius 1 is 1.22 bits per heavy atom. The summed E-state index contributed by atoms with van der Waals surface area (Å²) in [6.45, 7) is 9.12. The SMILES string of the molecule is CC(C)CN1CCCn2nc(CNC(=O)NCc3cccc(F)c3)cc2C1. The van der Waals surface area contributed by atoms with Crippen LogP contribution in [0.1, 0.15) is 37.2 Å². The molecule has 27 heavy (non-hydrogen) atoms. The van der Waals surface area contributed by atoms with Crippen LogP contribution in [0.5, 0.6) is 0 Å². The molecule has 2 heterocycles. The van der Waals surface area contributed by atoms with Crippen molar-refractivity contribution in [2.75, 3.05) is 13.1 Å². The van der Waals surface area contributed by atoms with Crippen molar-refractivity contribution in [1.82, 2.24) is 25.3 Å². The number of rotatable bonds is 6. The molecule has 0 bridgehead atoms. The molecule has 2 aromatic rings. The second-order valence-corrected chi connectivity index (χ2v) is 7.50. The first kappa shape index (κ1) is 19.4. The minimum absolute atomic E-state index is 0.285. The van der Waals surface area contributed by atoms with Crippen LogP contribution in [0.25, 0.3) is 0 Å². The molecule has 1 aliphatic rings. The zero-order valence-electron chi connectivity index (χ0n) is 16.0. The van der Waals surface area contributed by atoms with Crippen LogP contribution < -0.4 is 10.6 Å². The minimum Gasteiger partial charge on any atom is -0.334 e.